The first-order valence-electron chi connectivity index (χ1n) is 6.22. The van der Waals surface area contributed by atoms with Crippen LogP contribution in [0.4, 0.5) is 13.2 Å². The zero-order valence-electron chi connectivity index (χ0n) is 10.9. The van der Waals surface area contributed by atoms with Crippen molar-refractivity contribution >= 4 is 11.9 Å². The van der Waals surface area contributed by atoms with Crippen LogP contribution in [0.1, 0.15) is 22.0 Å². The van der Waals surface area contributed by atoms with E-state index in [2.05, 4.69) is 5.32 Å². The van der Waals surface area contributed by atoms with E-state index >= 15 is 0 Å². The van der Waals surface area contributed by atoms with Crippen molar-refractivity contribution < 1.29 is 27.9 Å². The molecule has 1 aliphatic heterocycles. The monoisotopic (exact) mass is 302 g/mol. The average molecular weight is 302 g/mol. The van der Waals surface area contributed by atoms with E-state index in [9.17, 15) is 22.8 Å². The molecule has 1 atom stereocenters. The molecular formula is C13H13F3N2O3. The van der Waals surface area contributed by atoms with Gasteiger partial charge in [-0.3, -0.25) is 4.79 Å². The first-order valence-corrected chi connectivity index (χ1v) is 6.22. The van der Waals surface area contributed by atoms with Crippen LogP contribution in [0.5, 0.6) is 0 Å². The number of carbonyl (C=O) groups excluding carboxylic acids is 1. The predicted octanol–water partition coefficient (Wildman–Crippen LogP) is 1.42. The Hall–Kier alpha value is -2.09. The number of nitrogens with one attached hydrogen (secondary N) is 1. The van der Waals surface area contributed by atoms with E-state index in [1.165, 1.54) is 24.3 Å². The van der Waals surface area contributed by atoms with Crippen molar-refractivity contribution in [2.45, 2.75) is 12.2 Å². The molecule has 5 nitrogen and oxygen atoms in total. The highest BCUT2D eigenvalue weighted by Gasteiger charge is 2.43. The highest BCUT2D eigenvalue weighted by atomic mass is 19.4. The Labute approximate surface area is 118 Å². The fraction of sp³-hybridized carbons (Fsp3) is 0.385. The van der Waals surface area contributed by atoms with Crippen LogP contribution in [0.25, 0.3) is 0 Å². The van der Waals surface area contributed by atoms with Gasteiger partial charge in [-0.05, 0) is 17.7 Å². The van der Waals surface area contributed by atoms with E-state index in [1.807, 2.05) is 0 Å². The van der Waals surface area contributed by atoms with Crippen LogP contribution >= 0.6 is 0 Å². The molecule has 1 fully saturated rings. The van der Waals surface area contributed by atoms with Gasteiger partial charge < -0.3 is 15.3 Å². The lowest BCUT2D eigenvalue weighted by molar-refractivity contribution is -0.186. The second-order valence-electron chi connectivity index (χ2n) is 4.68. The molecular weight excluding hydrogens is 289 g/mol. The molecule has 21 heavy (non-hydrogen) atoms. The molecule has 1 unspecified atom stereocenters. The van der Waals surface area contributed by atoms with Crippen molar-refractivity contribution in [1.29, 1.82) is 0 Å². The summed E-state index contributed by atoms with van der Waals surface area (Å²) in [4.78, 5) is 22.7. The van der Waals surface area contributed by atoms with Crippen LogP contribution in [-0.2, 0) is 4.79 Å². The summed E-state index contributed by atoms with van der Waals surface area (Å²) in [5, 5.41) is 11.8. The maximum atomic E-state index is 12.4. The number of carboxylic acid groups (broad SMARTS) is 1. The van der Waals surface area contributed by atoms with Crippen molar-refractivity contribution in [3.63, 3.8) is 0 Å². The Balaban J connectivity index is 2.10. The Kier molecular flexibility index (Phi) is 4.17. The summed E-state index contributed by atoms with van der Waals surface area (Å²) < 4.78 is 37.3. The summed E-state index contributed by atoms with van der Waals surface area (Å²) in [6, 6.07) is 5.37. The molecule has 0 saturated carbocycles. The van der Waals surface area contributed by atoms with Gasteiger partial charge in [0, 0.05) is 25.7 Å². The van der Waals surface area contributed by atoms with Crippen LogP contribution in [0, 0.1) is 0 Å². The molecule has 1 aromatic rings. The molecule has 1 aromatic carbocycles. The quantitative estimate of drug-likeness (QED) is 0.867. The maximum absolute atomic E-state index is 12.4. The molecule has 2 N–H and O–H groups in total. The number of hydrogen-bond acceptors (Lipinski definition) is 3. The van der Waals surface area contributed by atoms with Crippen molar-refractivity contribution in [3.8, 4) is 0 Å². The minimum absolute atomic E-state index is 0.0119. The number of benzene rings is 1. The summed E-state index contributed by atoms with van der Waals surface area (Å²) >= 11 is 0. The number of hydrogen-bond donors (Lipinski definition) is 2. The second kappa shape index (κ2) is 5.72. The van der Waals surface area contributed by atoms with E-state index in [1.54, 1.807) is 0 Å². The topological polar surface area (TPSA) is 69.6 Å². The molecule has 0 radical (unpaired) electrons. The van der Waals surface area contributed by atoms with Crippen LogP contribution in [-0.4, -0.2) is 47.7 Å². The Morgan fingerprint density at radius 3 is 2.38 bits per heavy atom. The van der Waals surface area contributed by atoms with E-state index in [0.717, 1.165) is 4.90 Å². The van der Waals surface area contributed by atoms with Gasteiger partial charge in [0.2, 0.25) is 0 Å². The largest absolute Gasteiger partial charge is 0.478 e. The molecule has 0 bridgehead atoms. The van der Waals surface area contributed by atoms with Gasteiger partial charge in [0.05, 0.1) is 5.56 Å². The van der Waals surface area contributed by atoms with Crippen LogP contribution < -0.4 is 5.32 Å². The van der Waals surface area contributed by atoms with Gasteiger partial charge in [0.25, 0.3) is 0 Å². The minimum Gasteiger partial charge on any atom is -0.478 e. The van der Waals surface area contributed by atoms with Crippen molar-refractivity contribution in [2.24, 2.45) is 0 Å². The number of carbonyl (C=O) groups is 2. The molecule has 1 aliphatic rings. The first kappa shape index (κ1) is 15.3. The predicted molar refractivity (Wildman–Crippen MR) is 66.8 cm³/mol. The van der Waals surface area contributed by atoms with E-state index in [4.69, 9.17) is 5.11 Å². The van der Waals surface area contributed by atoms with Gasteiger partial charge >= 0.3 is 18.1 Å². The fourth-order valence-electron chi connectivity index (χ4n) is 2.19. The zero-order chi connectivity index (χ0) is 15.6. The molecule has 1 amide bonds. The normalized spacial score (nSPS) is 19.4. The molecule has 0 spiro atoms. The third-order valence-electron chi connectivity index (χ3n) is 3.27. The number of aromatic carboxylic acids is 1. The smallest absolute Gasteiger partial charge is 0.471 e. The SMILES string of the molecule is O=C(O)c1ccc(C2CN(C(=O)C(F)(F)F)CCN2)cc1. The Morgan fingerprint density at radius 1 is 1.24 bits per heavy atom. The molecule has 8 heteroatoms. The lowest BCUT2D eigenvalue weighted by Crippen LogP contribution is -2.52. The highest BCUT2D eigenvalue weighted by Crippen LogP contribution is 2.23. The standard InChI is InChI=1S/C13H13F3N2O3/c14-13(15,16)12(21)18-6-5-17-10(7-18)8-1-3-9(4-2-8)11(19)20/h1-4,10,17H,5-7H2,(H,19,20). The molecule has 114 valence electrons. The minimum atomic E-state index is -4.88. The zero-order valence-corrected chi connectivity index (χ0v) is 10.9. The molecule has 1 saturated heterocycles. The summed E-state index contributed by atoms with van der Waals surface area (Å²) in [6.07, 6.45) is -4.88. The van der Waals surface area contributed by atoms with Gasteiger partial charge in [-0.25, -0.2) is 4.79 Å². The Bertz CT molecular complexity index is 543. The second-order valence-corrected chi connectivity index (χ2v) is 4.68. The third-order valence-corrected chi connectivity index (χ3v) is 3.27. The van der Waals surface area contributed by atoms with Crippen LogP contribution in [0.2, 0.25) is 0 Å². The van der Waals surface area contributed by atoms with Crippen LogP contribution in [0.3, 0.4) is 0 Å². The number of halogens is 3. The average Bonchev–Trinajstić information content (AvgIpc) is 2.45. The summed E-state index contributed by atoms with van der Waals surface area (Å²) in [6.45, 7) is 0.125. The van der Waals surface area contributed by atoms with Crippen molar-refractivity contribution in [2.75, 3.05) is 19.6 Å². The number of carboxylic acids is 1. The maximum Gasteiger partial charge on any atom is 0.471 e. The lowest BCUT2D eigenvalue weighted by Gasteiger charge is -2.34. The number of piperazine rings is 1. The molecule has 1 heterocycles. The van der Waals surface area contributed by atoms with Gasteiger partial charge in [-0.2, -0.15) is 13.2 Å². The molecule has 0 aliphatic carbocycles. The van der Waals surface area contributed by atoms with Crippen LogP contribution in [0.15, 0.2) is 24.3 Å². The van der Waals surface area contributed by atoms with Gasteiger partial charge in [-0.1, -0.05) is 12.1 Å². The van der Waals surface area contributed by atoms with E-state index < -0.39 is 24.1 Å². The number of alkyl halides is 3. The number of nitrogens with zero attached hydrogens (tertiary/aromatic N) is 1. The van der Waals surface area contributed by atoms with E-state index in [-0.39, 0.29) is 25.2 Å². The van der Waals surface area contributed by atoms with Crippen molar-refractivity contribution in [1.82, 2.24) is 10.2 Å². The first-order chi connectivity index (χ1) is 9.79. The Morgan fingerprint density at radius 2 is 1.86 bits per heavy atom. The van der Waals surface area contributed by atoms with Gasteiger partial charge in [-0.15, -0.1) is 0 Å². The summed E-state index contributed by atoms with van der Waals surface area (Å²) in [5.74, 6) is -2.93. The van der Waals surface area contributed by atoms with E-state index in [0.29, 0.717) is 5.56 Å². The lowest BCUT2D eigenvalue weighted by atomic mass is 10.0. The number of amides is 1. The summed E-state index contributed by atoms with van der Waals surface area (Å²) in [5.41, 5.74) is 0.734. The van der Waals surface area contributed by atoms with Gasteiger partial charge in [0.15, 0.2) is 0 Å². The van der Waals surface area contributed by atoms with Crippen molar-refractivity contribution in [3.05, 3.63) is 35.4 Å². The third kappa shape index (κ3) is 3.52. The fourth-order valence-corrected chi connectivity index (χ4v) is 2.19. The van der Waals surface area contributed by atoms with Gasteiger partial charge in [0.1, 0.15) is 0 Å². The molecule has 0 aromatic heterocycles. The molecule has 2 rings (SSSR count). The summed E-state index contributed by atoms with van der Waals surface area (Å²) in [7, 11) is 0. The highest BCUT2D eigenvalue weighted by molar-refractivity contribution is 5.87. The number of rotatable bonds is 2.